The van der Waals surface area contributed by atoms with E-state index in [2.05, 4.69) is 11.8 Å². The fourth-order valence-corrected chi connectivity index (χ4v) is 5.31. The van der Waals surface area contributed by atoms with Crippen LogP contribution in [0.2, 0.25) is 0 Å². The van der Waals surface area contributed by atoms with Gasteiger partial charge in [-0.25, -0.2) is 8.42 Å². The Balaban J connectivity index is 1.82. The van der Waals surface area contributed by atoms with Crippen LogP contribution in [0.3, 0.4) is 0 Å². The van der Waals surface area contributed by atoms with Gasteiger partial charge < -0.3 is 5.73 Å². The van der Waals surface area contributed by atoms with E-state index in [9.17, 15) is 8.42 Å². The first-order chi connectivity index (χ1) is 9.99. The van der Waals surface area contributed by atoms with Crippen LogP contribution in [0, 0.1) is 5.92 Å². The summed E-state index contributed by atoms with van der Waals surface area (Å²) in [6.45, 7) is 4.12. The summed E-state index contributed by atoms with van der Waals surface area (Å²) >= 11 is 0. The van der Waals surface area contributed by atoms with Gasteiger partial charge in [0.15, 0.2) is 9.84 Å². The number of sulfone groups is 1. The Morgan fingerprint density at radius 1 is 1.19 bits per heavy atom. The van der Waals surface area contributed by atoms with Gasteiger partial charge in [-0.05, 0) is 56.8 Å². The molecule has 1 aromatic carbocycles. The quantitative estimate of drug-likeness (QED) is 0.907. The van der Waals surface area contributed by atoms with Crippen molar-refractivity contribution >= 4 is 9.84 Å². The van der Waals surface area contributed by atoms with Crippen LogP contribution in [0.1, 0.15) is 37.8 Å². The number of likely N-dealkylation sites (tertiary alicyclic amines) is 1. The Kier molecular flexibility index (Phi) is 4.08. The first kappa shape index (κ1) is 15.0. The van der Waals surface area contributed by atoms with Gasteiger partial charge in [-0.15, -0.1) is 0 Å². The molecular formula is C16H24N2O2S. The van der Waals surface area contributed by atoms with Crippen molar-refractivity contribution in [2.24, 2.45) is 11.7 Å². The van der Waals surface area contributed by atoms with Crippen molar-refractivity contribution in [3.05, 3.63) is 29.8 Å². The van der Waals surface area contributed by atoms with Crippen LogP contribution < -0.4 is 5.73 Å². The molecule has 2 aliphatic rings. The molecule has 1 fully saturated rings. The molecule has 0 aliphatic carbocycles. The van der Waals surface area contributed by atoms with Gasteiger partial charge in [0.1, 0.15) is 0 Å². The second-order valence-corrected chi connectivity index (χ2v) is 8.47. The highest BCUT2D eigenvalue weighted by Gasteiger charge is 2.35. The number of fused-ring (bicyclic) bond motifs is 1. The summed E-state index contributed by atoms with van der Waals surface area (Å²) in [5.41, 5.74) is 6.99. The van der Waals surface area contributed by atoms with Gasteiger partial charge in [0.25, 0.3) is 0 Å². The van der Waals surface area contributed by atoms with Gasteiger partial charge in [-0.1, -0.05) is 18.2 Å². The van der Waals surface area contributed by atoms with Crippen LogP contribution in [0.4, 0.5) is 0 Å². The monoisotopic (exact) mass is 308 g/mol. The average Bonchev–Trinajstić information content (AvgIpc) is 2.48. The molecule has 0 radical (unpaired) electrons. The minimum Gasteiger partial charge on any atom is -0.328 e. The molecule has 116 valence electrons. The molecule has 0 bridgehead atoms. The normalized spacial score (nSPS) is 28.0. The van der Waals surface area contributed by atoms with Gasteiger partial charge in [-0.3, -0.25) is 4.90 Å². The van der Waals surface area contributed by atoms with Gasteiger partial charge >= 0.3 is 0 Å². The second kappa shape index (κ2) is 5.71. The van der Waals surface area contributed by atoms with Gasteiger partial charge in [0.2, 0.25) is 0 Å². The smallest absolute Gasteiger partial charge is 0.178 e. The standard InChI is InChI=1S/C16H24N2O2S/c1-12(17)13-6-9-18(10-7-13)15-8-11-21(19,20)16-5-3-2-4-14(15)16/h2-5,12-13,15H,6-11,17H2,1H3. The van der Waals surface area contributed by atoms with E-state index in [1.54, 1.807) is 6.07 Å². The van der Waals surface area contributed by atoms with Crippen LogP contribution in [0.25, 0.3) is 0 Å². The number of nitrogens with zero attached hydrogens (tertiary/aromatic N) is 1. The third-order valence-electron chi connectivity index (χ3n) is 5.03. The fourth-order valence-electron chi connectivity index (χ4n) is 3.71. The maximum atomic E-state index is 12.2. The highest BCUT2D eigenvalue weighted by molar-refractivity contribution is 7.91. The number of benzene rings is 1. The molecule has 1 saturated heterocycles. The Hall–Kier alpha value is -0.910. The SMILES string of the molecule is CC(N)C1CCN(C2CCS(=O)(=O)c3ccccc32)CC1. The van der Waals surface area contributed by atoms with Crippen molar-refractivity contribution in [1.29, 1.82) is 0 Å². The van der Waals surface area contributed by atoms with E-state index in [0.717, 1.165) is 31.5 Å². The van der Waals surface area contributed by atoms with Crippen molar-refractivity contribution in [2.75, 3.05) is 18.8 Å². The lowest BCUT2D eigenvalue weighted by Gasteiger charge is -2.40. The first-order valence-electron chi connectivity index (χ1n) is 7.80. The van der Waals surface area contributed by atoms with Crippen LogP contribution in [-0.2, 0) is 9.84 Å². The molecule has 2 atom stereocenters. The molecule has 4 nitrogen and oxygen atoms in total. The molecule has 3 rings (SSSR count). The topological polar surface area (TPSA) is 63.4 Å². The van der Waals surface area contributed by atoms with Crippen LogP contribution >= 0.6 is 0 Å². The van der Waals surface area contributed by atoms with E-state index >= 15 is 0 Å². The number of rotatable bonds is 2. The molecular weight excluding hydrogens is 284 g/mol. The summed E-state index contributed by atoms with van der Waals surface area (Å²) in [4.78, 5) is 2.99. The summed E-state index contributed by atoms with van der Waals surface area (Å²) in [7, 11) is -3.08. The third kappa shape index (κ3) is 2.87. The molecule has 2 heterocycles. The van der Waals surface area contributed by atoms with E-state index in [1.807, 2.05) is 18.2 Å². The summed E-state index contributed by atoms with van der Waals surface area (Å²) in [5.74, 6) is 0.867. The first-order valence-corrected chi connectivity index (χ1v) is 9.45. The van der Waals surface area contributed by atoms with Crippen LogP contribution in [-0.4, -0.2) is 38.2 Å². The predicted octanol–water partition coefficient (Wildman–Crippen LogP) is 1.96. The Morgan fingerprint density at radius 2 is 1.86 bits per heavy atom. The molecule has 2 aliphatic heterocycles. The molecule has 1 aromatic rings. The summed E-state index contributed by atoms with van der Waals surface area (Å²) in [6, 6.07) is 8.01. The Morgan fingerprint density at radius 3 is 2.52 bits per heavy atom. The van der Waals surface area contributed by atoms with Crippen molar-refractivity contribution in [2.45, 2.75) is 43.2 Å². The highest BCUT2D eigenvalue weighted by atomic mass is 32.2. The minimum absolute atomic E-state index is 0.249. The number of hydrogen-bond acceptors (Lipinski definition) is 4. The summed E-state index contributed by atoms with van der Waals surface area (Å²) in [5, 5.41) is 0. The number of nitrogens with two attached hydrogens (primary N) is 1. The Labute approximate surface area is 127 Å². The minimum atomic E-state index is -3.08. The molecule has 0 saturated carbocycles. The zero-order valence-corrected chi connectivity index (χ0v) is 13.3. The van der Waals surface area contributed by atoms with Crippen molar-refractivity contribution in [3.8, 4) is 0 Å². The lowest BCUT2D eigenvalue weighted by Crippen LogP contribution is -2.43. The largest absolute Gasteiger partial charge is 0.328 e. The average molecular weight is 308 g/mol. The molecule has 5 heteroatoms. The molecule has 0 aromatic heterocycles. The number of piperidine rings is 1. The third-order valence-corrected chi connectivity index (χ3v) is 6.85. The zero-order valence-electron chi connectivity index (χ0n) is 12.5. The second-order valence-electron chi connectivity index (χ2n) is 6.39. The zero-order chi connectivity index (χ0) is 15.0. The molecule has 21 heavy (non-hydrogen) atoms. The van der Waals surface area contributed by atoms with Crippen molar-refractivity contribution in [1.82, 2.24) is 4.90 Å². The molecule has 0 spiro atoms. The molecule has 2 N–H and O–H groups in total. The van der Waals surface area contributed by atoms with Crippen molar-refractivity contribution in [3.63, 3.8) is 0 Å². The van der Waals surface area contributed by atoms with Crippen molar-refractivity contribution < 1.29 is 8.42 Å². The van der Waals surface area contributed by atoms with E-state index < -0.39 is 9.84 Å². The van der Waals surface area contributed by atoms with E-state index in [0.29, 0.717) is 17.2 Å². The maximum Gasteiger partial charge on any atom is 0.178 e. The van der Waals surface area contributed by atoms with E-state index in [-0.39, 0.29) is 17.8 Å². The van der Waals surface area contributed by atoms with Gasteiger partial charge in [-0.2, -0.15) is 0 Å². The highest BCUT2D eigenvalue weighted by Crippen LogP contribution is 2.37. The Bertz CT molecular complexity index is 604. The lowest BCUT2D eigenvalue weighted by molar-refractivity contribution is 0.119. The van der Waals surface area contributed by atoms with Gasteiger partial charge in [0, 0.05) is 12.1 Å². The summed E-state index contributed by atoms with van der Waals surface area (Å²) < 4.78 is 24.4. The van der Waals surface area contributed by atoms with E-state index in [4.69, 9.17) is 5.73 Å². The van der Waals surface area contributed by atoms with Crippen LogP contribution in [0.5, 0.6) is 0 Å². The molecule has 0 amide bonds. The fraction of sp³-hybridized carbons (Fsp3) is 0.625. The summed E-state index contributed by atoms with van der Waals surface area (Å²) in [6.07, 6.45) is 2.94. The van der Waals surface area contributed by atoms with Crippen LogP contribution in [0.15, 0.2) is 29.2 Å². The lowest BCUT2D eigenvalue weighted by atomic mass is 9.89. The maximum absolute atomic E-state index is 12.2. The number of hydrogen-bond donors (Lipinski definition) is 1. The van der Waals surface area contributed by atoms with E-state index in [1.165, 1.54) is 0 Å². The predicted molar refractivity (Wildman–Crippen MR) is 83.8 cm³/mol. The molecule has 2 unspecified atom stereocenters. The van der Waals surface area contributed by atoms with Gasteiger partial charge in [0.05, 0.1) is 10.6 Å².